The second kappa shape index (κ2) is 7.73. The third-order valence-corrected chi connectivity index (χ3v) is 6.19. The minimum atomic E-state index is -3.99. The van der Waals surface area contributed by atoms with E-state index in [9.17, 15) is 12.8 Å². The van der Waals surface area contributed by atoms with Crippen LogP contribution in [0, 0.1) is 5.82 Å². The van der Waals surface area contributed by atoms with Crippen LogP contribution in [0.5, 0.6) is 0 Å². The summed E-state index contributed by atoms with van der Waals surface area (Å²) < 4.78 is 50.7. The number of nitrogens with zero attached hydrogens (tertiary/aromatic N) is 1. The maximum Gasteiger partial charge on any atom is 0.233 e. The molecule has 0 unspecified atom stereocenters. The van der Waals surface area contributed by atoms with Gasteiger partial charge in [0.1, 0.15) is 5.82 Å². The molecule has 0 amide bonds. The highest BCUT2D eigenvalue weighted by molar-refractivity contribution is 7.91. The highest BCUT2D eigenvalue weighted by Gasteiger charge is 2.29. The topological polar surface area (TPSA) is 81.4 Å². The fourth-order valence-corrected chi connectivity index (χ4v) is 4.32. The molecule has 1 aliphatic heterocycles. The summed E-state index contributed by atoms with van der Waals surface area (Å²) in [6.45, 7) is 1.11. The highest BCUT2D eigenvalue weighted by atomic mass is 32.2. The molecular formula is C20H19FN2O4S. The number of aromatic nitrogens is 1. The summed E-state index contributed by atoms with van der Waals surface area (Å²) in [5.74, 6) is -0.268. The molecule has 8 heteroatoms. The molecule has 0 aliphatic carbocycles. The zero-order valence-corrected chi connectivity index (χ0v) is 15.8. The lowest BCUT2D eigenvalue weighted by atomic mass is 10.2. The summed E-state index contributed by atoms with van der Waals surface area (Å²) >= 11 is 0. The minimum Gasteiger partial charge on any atom is -0.419 e. The lowest BCUT2D eigenvalue weighted by Gasteiger charge is -2.10. The van der Waals surface area contributed by atoms with Gasteiger partial charge in [-0.15, -0.1) is 0 Å². The average Bonchev–Trinajstić information content (AvgIpc) is 3.37. The zero-order chi connectivity index (χ0) is 19.6. The van der Waals surface area contributed by atoms with Gasteiger partial charge < -0.3 is 14.5 Å². The van der Waals surface area contributed by atoms with Crippen molar-refractivity contribution in [2.45, 2.75) is 28.9 Å². The largest absolute Gasteiger partial charge is 0.419 e. The zero-order valence-electron chi connectivity index (χ0n) is 15.0. The third kappa shape index (κ3) is 3.79. The molecule has 1 aliphatic rings. The van der Waals surface area contributed by atoms with E-state index in [0.29, 0.717) is 18.7 Å². The van der Waals surface area contributed by atoms with Gasteiger partial charge in [-0.25, -0.2) is 12.8 Å². The van der Waals surface area contributed by atoms with Gasteiger partial charge in [0, 0.05) is 18.7 Å². The van der Waals surface area contributed by atoms with Crippen LogP contribution in [0.15, 0.2) is 68.9 Å². The molecule has 1 atom stereocenters. The van der Waals surface area contributed by atoms with Gasteiger partial charge in [0.15, 0.2) is 0 Å². The molecule has 4 rings (SSSR count). The van der Waals surface area contributed by atoms with E-state index in [0.717, 1.165) is 25.0 Å². The molecular weight excluding hydrogens is 383 g/mol. The fourth-order valence-electron chi connectivity index (χ4n) is 3.04. The maximum absolute atomic E-state index is 13.2. The van der Waals surface area contributed by atoms with Gasteiger partial charge >= 0.3 is 0 Å². The van der Waals surface area contributed by atoms with Crippen molar-refractivity contribution in [2.75, 3.05) is 18.5 Å². The van der Waals surface area contributed by atoms with Crippen LogP contribution < -0.4 is 5.32 Å². The molecule has 28 heavy (non-hydrogen) atoms. The number of hydrogen-bond acceptors (Lipinski definition) is 6. The van der Waals surface area contributed by atoms with E-state index in [4.69, 9.17) is 9.15 Å². The Morgan fingerprint density at radius 2 is 1.86 bits per heavy atom. The lowest BCUT2D eigenvalue weighted by Crippen LogP contribution is -2.19. The monoisotopic (exact) mass is 402 g/mol. The Hall–Kier alpha value is -2.71. The molecule has 0 spiro atoms. The number of benzene rings is 2. The van der Waals surface area contributed by atoms with Crippen LogP contribution in [0.1, 0.15) is 12.8 Å². The second-order valence-corrected chi connectivity index (χ2v) is 8.36. The van der Waals surface area contributed by atoms with Crippen molar-refractivity contribution in [1.29, 1.82) is 0 Å². The summed E-state index contributed by atoms with van der Waals surface area (Å²) in [5, 5.41) is 2.80. The van der Waals surface area contributed by atoms with Crippen molar-refractivity contribution in [2.24, 2.45) is 0 Å². The highest BCUT2D eigenvalue weighted by Crippen LogP contribution is 2.32. The number of anilines is 1. The van der Waals surface area contributed by atoms with E-state index in [1.807, 2.05) is 18.2 Å². The van der Waals surface area contributed by atoms with E-state index in [-0.39, 0.29) is 27.8 Å². The summed E-state index contributed by atoms with van der Waals surface area (Å²) in [6, 6.07) is 13.7. The minimum absolute atomic E-state index is 0.00773. The van der Waals surface area contributed by atoms with Crippen molar-refractivity contribution in [1.82, 2.24) is 4.98 Å². The predicted molar refractivity (Wildman–Crippen MR) is 101 cm³/mol. The van der Waals surface area contributed by atoms with E-state index in [1.54, 1.807) is 12.1 Å². The molecule has 1 N–H and O–H groups in total. The van der Waals surface area contributed by atoms with Crippen molar-refractivity contribution < 1.29 is 22.0 Å². The summed E-state index contributed by atoms with van der Waals surface area (Å²) in [6.07, 6.45) is 1.86. The normalized spacial score (nSPS) is 17.0. The van der Waals surface area contributed by atoms with Gasteiger partial charge in [0.2, 0.25) is 26.6 Å². The number of halogens is 1. The van der Waals surface area contributed by atoms with Gasteiger partial charge in [-0.05, 0) is 49.2 Å². The number of oxazole rings is 1. The van der Waals surface area contributed by atoms with E-state index in [1.165, 1.54) is 12.1 Å². The standard InChI is InChI=1S/C20H19FN2O4S/c21-15-8-10-17(11-9-15)28(24,25)20-19(22-13-16-7-4-12-26-16)27-18(23-20)14-5-2-1-3-6-14/h1-3,5-6,8-11,16,22H,4,7,12-13H2/t16-/m0/s1. The van der Waals surface area contributed by atoms with E-state index >= 15 is 0 Å². The Balaban J connectivity index is 1.72. The fraction of sp³-hybridized carbons (Fsp3) is 0.250. The number of nitrogens with one attached hydrogen (secondary N) is 1. The Labute approximate surface area is 162 Å². The number of sulfone groups is 1. The SMILES string of the molecule is O=S(=O)(c1ccc(F)cc1)c1nc(-c2ccccc2)oc1NC[C@@H]1CCCO1. The first-order valence-electron chi connectivity index (χ1n) is 8.96. The van der Waals surface area contributed by atoms with Crippen molar-refractivity contribution in [3.05, 3.63) is 60.4 Å². The molecule has 0 radical (unpaired) electrons. The van der Waals surface area contributed by atoms with Crippen molar-refractivity contribution >= 4 is 15.7 Å². The molecule has 1 aromatic heterocycles. The third-order valence-electron chi connectivity index (χ3n) is 4.51. The van der Waals surface area contributed by atoms with E-state index in [2.05, 4.69) is 10.3 Å². The molecule has 146 valence electrons. The first-order chi connectivity index (χ1) is 13.5. The van der Waals surface area contributed by atoms with Crippen LogP contribution >= 0.6 is 0 Å². The molecule has 0 bridgehead atoms. The quantitative estimate of drug-likeness (QED) is 0.630. The van der Waals surface area contributed by atoms with Crippen LogP contribution in [0.25, 0.3) is 11.5 Å². The Kier molecular flexibility index (Phi) is 5.15. The van der Waals surface area contributed by atoms with Gasteiger partial charge in [-0.2, -0.15) is 4.98 Å². The molecule has 0 saturated carbocycles. The number of ether oxygens (including phenoxy) is 1. The predicted octanol–water partition coefficient (Wildman–Crippen LogP) is 3.90. The summed E-state index contributed by atoms with van der Waals surface area (Å²) in [4.78, 5) is 4.19. The van der Waals surface area contributed by atoms with Crippen LogP contribution in [-0.2, 0) is 14.6 Å². The Morgan fingerprint density at radius 3 is 2.54 bits per heavy atom. The van der Waals surface area contributed by atoms with Gasteiger partial charge in [0.25, 0.3) is 0 Å². The van der Waals surface area contributed by atoms with Crippen LogP contribution in [0.3, 0.4) is 0 Å². The Morgan fingerprint density at radius 1 is 1.11 bits per heavy atom. The Bertz CT molecular complexity index is 1040. The van der Waals surface area contributed by atoms with Gasteiger partial charge in [0.05, 0.1) is 11.0 Å². The first kappa shape index (κ1) is 18.6. The number of hydrogen-bond donors (Lipinski definition) is 1. The second-order valence-electron chi connectivity index (χ2n) is 6.49. The van der Waals surface area contributed by atoms with Crippen molar-refractivity contribution in [3.63, 3.8) is 0 Å². The maximum atomic E-state index is 13.2. The smallest absolute Gasteiger partial charge is 0.233 e. The molecule has 1 fully saturated rings. The molecule has 2 aromatic carbocycles. The average molecular weight is 402 g/mol. The molecule has 6 nitrogen and oxygen atoms in total. The van der Waals surface area contributed by atoms with Crippen molar-refractivity contribution in [3.8, 4) is 11.5 Å². The first-order valence-corrected chi connectivity index (χ1v) is 10.4. The molecule has 2 heterocycles. The van der Waals surface area contributed by atoms with Crippen LogP contribution in [0.4, 0.5) is 10.3 Å². The van der Waals surface area contributed by atoms with Crippen LogP contribution in [0.2, 0.25) is 0 Å². The van der Waals surface area contributed by atoms with Crippen LogP contribution in [-0.4, -0.2) is 32.7 Å². The lowest BCUT2D eigenvalue weighted by molar-refractivity contribution is 0.120. The van der Waals surface area contributed by atoms with Gasteiger partial charge in [-0.1, -0.05) is 18.2 Å². The number of rotatable bonds is 6. The van der Waals surface area contributed by atoms with Gasteiger partial charge in [-0.3, -0.25) is 0 Å². The van der Waals surface area contributed by atoms with E-state index < -0.39 is 15.7 Å². The molecule has 1 saturated heterocycles. The summed E-state index contributed by atoms with van der Waals surface area (Å²) in [7, 11) is -3.99. The molecule has 3 aromatic rings. The summed E-state index contributed by atoms with van der Waals surface area (Å²) in [5.41, 5.74) is 0.656.